The summed E-state index contributed by atoms with van der Waals surface area (Å²) in [7, 11) is 0. The molecule has 0 heterocycles. The Hall–Kier alpha value is -19.5. The lowest BCUT2D eigenvalue weighted by Crippen LogP contribution is -2.00. The second-order valence-corrected chi connectivity index (χ2v) is 38.9. The van der Waals surface area contributed by atoms with Crippen molar-refractivity contribution >= 4 is 97.0 Å². The van der Waals surface area contributed by atoms with Crippen LogP contribution in [0, 0.1) is 0 Å². The SMILES string of the molecule is c1ccc(-c2cc(-c3ccccc3)c(-c3c4ccccc4c(-c4ccc5ccccc5c4)c4ccccc34)c(-c3ccccc3)c2)cc1.c1ccc(-c2cc(-c3ccccc3)c(-c3c4ccccc4c(-c4ccc5ccccc5c4)c4ccccc34)c(-c3ccccc3)c2-c2ccccc2)cc1.c1ccc(-c2cc(-c3ccccc3)c(-c3ccccc3)c(-c3c4ccccc4c(-c4ccc5ccccc5c4)c4ccccc34)c2)cc1. The highest BCUT2D eigenvalue weighted by atomic mass is 14.3. The van der Waals surface area contributed by atoms with Crippen LogP contribution in [-0.4, -0.2) is 0 Å². The third-order valence-electron chi connectivity index (χ3n) is 30.1. The standard InChI is InChI=1S/C54H36.2C48H32/c1-5-20-38(21-6-1)48-36-49(39-22-7-2-8-23-39)54(52(41-26-11-4-12-27-41)51(48)40-24-9-3-10-25-40)53-46-31-17-15-29-44(46)50(45-30-16-18-32-47(45)53)43-34-33-37-19-13-14-28-42(37)35-43;1-4-16-33(17-5-1)39-31-44(35-19-6-2-7-20-35)46(36-21-8-3-9-22-36)45(32-39)48-42-26-14-12-24-40(42)47(41-25-13-15-27-43(41)48)38-29-28-34-18-10-11-23-37(34)30-38;1-4-16-33(17-5-1)39-31-44(35-19-6-2-7-20-35)48(45(32-39)36-21-8-3-9-22-36)47-42-26-14-12-24-40(42)46(41-25-13-15-27-43(41)47)38-29-28-34-18-10-11-23-37(34)30-38/h1-36H;2*1-32H. The van der Waals surface area contributed by atoms with Crippen molar-refractivity contribution in [3.63, 3.8) is 0 Å². The van der Waals surface area contributed by atoms with Crippen molar-refractivity contribution < 1.29 is 0 Å². The molecule has 700 valence electrons. The normalized spacial score (nSPS) is 11.3. The molecular weight excluding hydrogens is 1800 g/mol. The second-order valence-electron chi connectivity index (χ2n) is 38.9. The Labute approximate surface area is 875 Å². The summed E-state index contributed by atoms with van der Waals surface area (Å²) in [6.45, 7) is 0. The molecule has 0 unspecified atom stereocenters. The summed E-state index contributed by atoms with van der Waals surface area (Å²) >= 11 is 0. The van der Waals surface area contributed by atoms with Gasteiger partial charge in [0.05, 0.1) is 0 Å². The first-order valence-corrected chi connectivity index (χ1v) is 51.9. The maximum Gasteiger partial charge on any atom is -0.000764 e. The van der Waals surface area contributed by atoms with E-state index in [0.717, 1.165) is 0 Å². The minimum absolute atomic E-state index is 1.19. The van der Waals surface area contributed by atoms with Gasteiger partial charge in [-0.2, -0.15) is 0 Å². The lowest BCUT2D eigenvalue weighted by Gasteiger charge is -2.27. The molecule has 28 rings (SSSR count). The zero-order valence-electron chi connectivity index (χ0n) is 82.7. The first kappa shape index (κ1) is 90.5. The van der Waals surface area contributed by atoms with E-state index in [1.807, 2.05) is 0 Å². The molecule has 0 saturated carbocycles. The van der Waals surface area contributed by atoms with Gasteiger partial charge in [0.15, 0.2) is 0 Å². The zero-order chi connectivity index (χ0) is 99.6. The van der Waals surface area contributed by atoms with Gasteiger partial charge < -0.3 is 0 Å². The summed E-state index contributed by atoms with van der Waals surface area (Å²) in [6.07, 6.45) is 0. The molecular formula is C150H100. The van der Waals surface area contributed by atoms with Gasteiger partial charge in [-0.3, -0.25) is 0 Å². The van der Waals surface area contributed by atoms with Crippen LogP contribution >= 0.6 is 0 Å². The molecule has 0 nitrogen and oxygen atoms in total. The van der Waals surface area contributed by atoms with Crippen LogP contribution in [0.2, 0.25) is 0 Å². The van der Waals surface area contributed by atoms with E-state index < -0.39 is 0 Å². The highest BCUT2D eigenvalue weighted by Crippen LogP contribution is 2.58. The number of benzene rings is 28. The third-order valence-corrected chi connectivity index (χ3v) is 30.1. The molecule has 0 spiro atoms. The molecule has 0 aromatic heterocycles. The van der Waals surface area contributed by atoms with Crippen LogP contribution in [0.4, 0.5) is 0 Å². The van der Waals surface area contributed by atoms with Gasteiger partial charge in [-0.1, -0.05) is 558 Å². The van der Waals surface area contributed by atoms with E-state index in [1.54, 1.807) is 0 Å². The van der Waals surface area contributed by atoms with Crippen LogP contribution in [-0.2, 0) is 0 Å². The predicted octanol–water partition coefficient (Wildman–Crippen LogP) is 42.1. The fourth-order valence-corrected chi connectivity index (χ4v) is 23.4. The van der Waals surface area contributed by atoms with Crippen LogP contribution in [0.25, 0.3) is 275 Å². The van der Waals surface area contributed by atoms with Crippen molar-refractivity contribution in [2.45, 2.75) is 0 Å². The number of rotatable bonds is 16. The molecule has 0 heteroatoms. The molecule has 0 aliphatic heterocycles. The van der Waals surface area contributed by atoms with Crippen LogP contribution in [0.3, 0.4) is 0 Å². The Morgan fingerprint density at radius 1 is 0.0667 bits per heavy atom. The van der Waals surface area contributed by atoms with Crippen LogP contribution in [0.15, 0.2) is 607 Å². The Balaban J connectivity index is 0.000000114. The summed E-state index contributed by atoms with van der Waals surface area (Å²) in [5.74, 6) is 0. The molecule has 28 aromatic carbocycles. The Kier molecular flexibility index (Phi) is 24.3. The van der Waals surface area contributed by atoms with Crippen molar-refractivity contribution in [2.24, 2.45) is 0 Å². The molecule has 0 amide bonds. The molecule has 0 saturated heterocycles. The summed E-state index contributed by atoms with van der Waals surface area (Å²) in [5.41, 5.74) is 39.2. The smallest absolute Gasteiger partial charge is 0.000764 e. The Morgan fingerprint density at radius 3 is 0.533 bits per heavy atom. The van der Waals surface area contributed by atoms with Crippen molar-refractivity contribution in [3.05, 3.63) is 607 Å². The van der Waals surface area contributed by atoms with E-state index in [2.05, 4.69) is 607 Å². The lowest BCUT2D eigenvalue weighted by molar-refractivity contribution is 1.54. The average Bonchev–Trinajstić information content (AvgIpc) is 0.721. The first-order valence-electron chi connectivity index (χ1n) is 51.9. The van der Waals surface area contributed by atoms with E-state index in [4.69, 9.17) is 0 Å². The quantitative estimate of drug-likeness (QED) is 0.0846. The predicted molar refractivity (Wildman–Crippen MR) is 644 cm³/mol. The van der Waals surface area contributed by atoms with Crippen LogP contribution in [0.5, 0.6) is 0 Å². The van der Waals surface area contributed by atoms with E-state index >= 15 is 0 Å². The van der Waals surface area contributed by atoms with E-state index in [1.165, 1.54) is 275 Å². The van der Waals surface area contributed by atoms with Gasteiger partial charge in [-0.05, 0) is 324 Å². The van der Waals surface area contributed by atoms with Gasteiger partial charge in [0, 0.05) is 0 Å². The molecule has 0 fully saturated rings. The maximum atomic E-state index is 2.45. The highest BCUT2D eigenvalue weighted by Gasteiger charge is 2.31. The maximum absolute atomic E-state index is 2.45. The molecule has 0 atom stereocenters. The van der Waals surface area contributed by atoms with Gasteiger partial charge in [0.2, 0.25) is 0 Å². The zero-order valence-corrected chi connectivity index (χ0v) is 82.7. The molecule has 0 aliphatic carbocycles. The van der Waals surface area contributed by atoms with Crippen molar-refractivity contribution in [1.29, 1.82) is 0 Å². The highest BCUT2D eigenvalue weighted by molar-refractivity contribution is 6.29. The summed E-state index contributed by atoms with van der Waals surface area (Å²) in [4.78, 5) is 0. The van der Waals surface area contributed by atoms with Crippen molar-refractivity contribution in [1.82, 2.24) is 0 Å². The molecule has 0 aliphatic rings. The third kappa shape index (κ3) is 17.0. The van der Waals surface area contributed by atoms with Crippen LogP contribution < -0.4 is 0 Å². The fraction of sp³-hybridized carbons (Fsp3) is 0. The number of fused-ring (bicyclic) bond motifs is 9. The average molecular weight is 1900 g/mol. The molecule has 0 bridgehead atoms. The largest absolute Gasteiger partial charge is 0.0622 e. The fourth-order valence-electron chi connectivity index (χ4n) is 23.4. The van der Waals surface area contributed by atoms with Gasteiger partial charge in [0.1, 0.15) is 0 Å². The summed E-state index contributed by atoms with van der Waals surface area (Å²) in [6, 6.07) is 222. The number of hydrogen-bond donors (Lipinski definition) is 0. The first-order chi connectivity index (χ1) is 74.5. The van der Waals surface area contributed by atoms with E-state index in [9.17, 15) is 0 Å². The van der Waals surface area contributed by atoms with Gasteiger partial charge in [0.25, 0.3) is 0 Å². The Morgan fingerprint density at radius 2 is 0.253 bits per heavy atom. The molecule has 150 heavy (non-hydrogen) atoms. The molecule has 0 radical (unpaired) electrons. The number of hydrogen-bond acceptors (Lipinski definition) is 0. The minimum atomic E-state index is 1.19. The second kappa shape index (κ2) is 40.2. The summed E-state index contributed by atoms with van der Waals surface area (Å²) in [5, 5.41) is 22.5. The van der Waals surface area contributed by atoms with Gasteiger partial charge >= 0.3 is 0 Å². The van der Waals surface area contributed by atoms with Crippen LogP contribution in [0.1, 0.15) is 0 Å². The van der Waals surface area contributed by atoms with E-state index in [0.29, 0.717) is 0 Å². The lowest BCUT2D eigenvalue weighted by atomic mass is 9.76. The monoisotopic (exact) mass is 1900 g/mol. The van der Waals surface area contributed by atoms with Gasteiger partial charge in [-0.25, -0.2) is 0 Å². The minimum Gasteiger partial charge on any atom is -0.0622 e. The molecule has 0 N–H and O–H groups in total. The van der Waals surface area contributed by atoms with Crippen molar-refractivity contribution in [3.8, 4) is 178 Å². The van der Waals surface area contributed by atoms with Crippen molar-refractivity contribution in [2.75, 3.05) is 0 Å². The summed E-state index contributed by atoms with van der Waals surface area (Å²) < 4.78 is 0. The van der Waals surface area contributed by atoms with E-state index in [-0.39, 0.29) is 0 Å². The van der Waals surface area contributed by atoms with Gasteiger partial charge in [-0.15, -0.1) is 0 Å². The topological polar surface area (TPSA) is 0 Å². The Bertz CT molecular complexity index is 9690. The molecule has 28 aromatic rings.